The van der Waals surface area contributed by atoms with Crippen molar-refractivity contribution in [2.24, 2.45) is 0 Å². The third kappa shape index (κ3) is 2.30. The number of halogens is 3. The van der Waals surface area contributed by atoms with Gasteiger partial charge >= 0.3 is 0 Å². The Hall–Kier alpha value is -1.18. The van der Waals surface area contributed by atoms with E-state index in [1.807, 2.05) is 0 Å². The van der Waals surface area contributed by atoms with Crippen LogP contribution < -0.4 is 0 Å². The van der Waals surface area contributed by atoms with Crippen molar-refractivity contribution in [3.8, 4) is 11.4 Å². The molecule has 9 heteroatoms. The van der Waals surface area contributed by atoms with E-state index < -0.39 is 14.9 Å². The van der Waals surface area contributed by atoms with Crippen LogP contribution in [0.5, 0.6) is 0 Å². The lowest BCUT2D eigenvalue weighted by Crippen LogP contribution is -2.06. The Labute approximate surface area is 123 Å². The average Bonchev–Trinajstić information content (AvgIpc) is 3.10. The highest BCUT2D eigenvalue weighted by molar-refractivity contribution is 8.13. The fraction of sp³-hybridized carbons (Fsp3) is 0.273. The van der Waals surface area contributed by atoms with Crippen molar-refractivity contribution in [1.82, 2.24) is 14.8 Å². The van der Waals surface area contributed by atoms with Gasteiger partial charge in [0.2, 0.25) is 0 Å². The predicted molar refractivity (Wildman–Crippen MR) is 71.7 cm³/mol. The normalized spacial score (nSPS) is 15.6. The summed E-state index contributed by atoms with van der Waals surface area (Å²) in [6.07, 6.45) is 1.54. The number of hydrogen-bond donors (Lipinski definition) is 0. The van der Waals surface area contributed by atoms with Crippen molar-refractivity contribution in [1.29, 1.82) is 0 Å². The van der Waals surface area contributed by atoms with Gasteiger partial charge in [0, 0.05) is 16.7 Å². The molecule has 0 atom stereocenters. The smallest absolute Gasteiger partial charge is 0.294 e. The van der Waals surface area contributed by atoms with Crippen molar-refractivity contribution >= 4 is 31.3 Å². The Morgan fingerprint density at radius 1 is 1.30 bits per heavy atom. The molecule has 5 nitrogen and oxygen atoms in total. The zero-order valence-electron chi connectivity index (χ0n) is 9.92. The van der Waals surface area contributed by atoms with Crippen molar-refractivity contribution in [3.05, 3.63) is 29.0 Å². The molecule has 1 aromatic heterocycles. The van der Waals surface area contributed by atoms with E-state index in [1.54, 1.807) is 6.07 Å². The van der Waals surface area contributed by atoms with Gasteiger partial charge in [0.15, 0.2) is 11.6 Å². The lowest BCUT2D eigenvalue weighted by molar-refractivity contribution is 0.577. The summed E-state index contributed by atoms with van der Waals surface area (Å²) in [6, 6.07) is 4.34. The van der Waals surface area contributed by atoms with Crippen LogP contribution in [0.15, 0.2) is 23.4 Å². The lowest BCUT2D eigenvalue weighted by atomic mass is 10.2. The van der Waals surface area contributed by atoms with Crippen LogP contribution in [0.1, 0.15) is 18.9 Å². The van der Waals surface area contributed by atoms with Crippen molar-refractivity contribution < 1.29 is 12.8 Å². The summed E-state index contributed by atoms with van der Waals surface area (Å²) in [6.45, 7) is 0. The van der Waals surface area contributed by atoms with E-state index in [0.29, 0.717) is 0 Å². The standard InChI is InChI=1S/C11H8Cl2FN3O2S/c12-8-3-1-2-7(9(8)14)10-15-16-11(20(13,18)19)17(10)6-4-5-6/h1-3,6H,4-5H2. The molecule has 0 aliphatic heterocycles. The molecule has 1 aliphatic carbocycles. The Morgan fingerprint density at radius 3 is 2.60 bits per heavy atom. The third-order valence-electron chi connectivity index (χ3n) is 2.99. The SMILES string of the molecule is O=S(=O)(Cl)c1nnc(-c2cccc(Cl)c2F)n1C1CC1. The minimum atomic E-state index is -4.04. The maximum absolute atomic E-state index is 14.1. The molecular formula is C11H8Cl2FN3O2S. The van der Waals surface area contributed by atoms with Gasteiger partial charge in [-0.3, -0.25) is 4.57 Å². The minimum absolute atomic E-state index is 0.0665. The van der Waals surface area contributed by atoms with Gasteiger partial charge in [-0.2, -0.15) is 0 Å². The molecule has 3 rings (SSSR count). The average molecular weight is 336 g/mol. The summed E-state index contributed by atoms with van der Waals surface area (Å²) in [7, 11) is 1.29. The van der Waals surface area contributed by atoms with Crippen LogP contribution in [0.4, 0.5) is 4.39 Å². The molecule has 1 saturated carbocycles. The van der Waals surface area contributed by atoms with Crippen molar-refractivity contribution in [2.45, 2.75) is 24.0 Å². The van der Waals surface area contributed by atoms with E-state index in [4.69, 9.17) is 22.3 Å². The topological polar surface area (TPSA) is 64.8 Å². The summed E-state index contributed by atoms with van der Waals surface area (Å²) < 4.78 is 38.4. The molecule has 0 amide bonds. The molecule has 0 spiro atoms. The highest BCUT2D eigenvalue weighted by Crippen LogP contribution is 2.41. The molecular weight excluding hydrogens is 328 g/mol. The van der Waals surface area contributed by atoms with E-state index in [0.717, 1.165) is 12.8 Å². The molecule has 106 valence electrons. The Balaban J connectivity index is 2.25. The quantitative estimate of drug-likeness (QED) is 0.809. The number of nitrogens with zero attached hydrogens (tertiary/aromatic N) is 3. The number of hydrogen-bond acceptors (Lipinski definition) is 4. The van der Waals surface area contributed by atoms with Gasteiger partial charge in [0.05, 0.1) is 10.6 Å². The molecule has 0 bridgehead atoms. The molecule has 0 N–H and O–H groups in total. The first-order valence-electron chi connectivity index (χ1n) is 5.73. The Kier molecular flexibility index (Phi) is 3.23. The van der Waals surface area contributed by atoms with E-state index in [1.165, 1.54) is 16.7 Å². The largest absolute Gasteiger partial charge is 0.296 e. The molecule has 1 aliphatic rings. The van der Waals surface area contributed by atoms with E-state index in [-0.39, 0.29) is 27.6 Å². The lowest BCUT2D eigenvalue weighted by Gasteiger charge is -2.08. The van der Waals surface area contributed by atoms with Crippen LogP contribution in [0, 0.1) is 5.82 Å². The maximum atomic E-state index is 14.1. The second-order valence-corrected chi connectivity index (χ2v) is 7.31. The summed E-state index contributed by atoms with van der Waals surface area (Å²) in [5, 5.41) is 6.91. The minimum Gasteiger partial charge on any atom is -0.294 e. The fourth-order valence-electron chi connectivity index (χ4n) is 1.97. The second kappa shape index (κ2) is 4.68. The second-order valence-electron chi connectivity index (χ2n) is 4.45. The highest BCUT2D eigenvalue weighted by atomic mass is 35.7. The van der Waals surface area contributed by atoms with Crippen LogP contribution in [-0.4, -0.2) is 23.2 Å². The van der Waals surface area contributed by atoms with E-state index in [9.17, 15) is 12.8 Å². The van der Waals surface area contributed by atoms with Crippen LogP contribution in [-0.2, 0) is 9.05 Å². The number of rotatable bonds is 3. The van der Waals surface area contributed by atoms with Crippen LogP contribution in [0.25, 0.3) is 11.4 Å². The van der Waals surface area contributed by atoms with E-state index >= 15 is 0 Å². The van der Waals surface area contributed by atoms with Gasteiger partial charge < -0.3 is 0 Å². The summed E-state index contributed by atoms with van der Waals surface area (Å²) in [5.41, 5.74) is 0.100. The molecule has 1 heterocycles. The van der Waals surface area contributed by atoms with Gasteiger partial charge in [0.1, 0.15) is 0 Å². The molecule has 0 unspecified atom stereocenters. The van der Waals surface area contributed by atoms with Crippen molar-refractivity contribution in [2.75, 3.05) is 0 Å². The van der Waals surface area contributed by atoms with Gasteiger partial charge in [-0.15, -0.1) is 10.2 Å². The molecule has 20 heavy (non-hydrogen) atoms. The highest BCUT2D eigenvalue weighted by Gasteiger charge is 2.34. The van der Waals surface area contributed by atoms with Crippen LogP contribution >= 0.6 is 22.3 Å². The number of aromatic nitrogens is 3. The summed E-state index contributed by atoms with van der Waals surface area (Å²) >= 11 is 5.73. The molecule has 0 radical (unpaired) electrons. The zero-order valence-corrected chi connectivity index (χ0v) is 12.3. The first-order chi connectivity index (χ1) is 9.39. The fourth-order valence-corrected chi connectivity index (χ4v) is 3.06. The first kappa shape index (κ1) is 13.8. The monoisotopic (exact) mass is 335 g/mol. The maximum Gasteiger partial charge on any atom is 0.296 e. The van der Waals surface area contributed by atoms with Gasteiger partial charge in [-0.25, -0.2) is 12.8 Å². The van der Waals surface area contributed by atoms with Gasteiger partial charge in [0.25, 0.3) is 14.2 Å². The first-order valence-corrected chi connectivity index (χ1v) is 8.42. The Bertz CT molecular complexity index is 787. The number of benzene rings is 1. The van der Waals surface area contributed by atoms with Gasteiger partial charge in [-0.05, 0) is 25.0 Å². The Morgan fingerprint density at radius 2 is 2.00 bits per heavy atom. The van der Waals surface area contributed by atoms with E-state index in [2.05, 4.69) is 10.2 Å². The predicted octanol–water partition coefficient (Wildman–Crippen LogP) is 3.00. The molecule has 0 saturated heterocycles. The molecule has 1 aromatic carbocycles. The van der Waals surface area contributed by atoms with Gasteiger partial charge in [-0.1, -0.05) is 17.7 Å². The third-order valence-corrected chi connectivity index (χ3v) is 4.41. The summed E-state index contributed by atoms with van der Waals surface area (Å²) in [4.78, 5) is 0. The van der Waals surface area contributed by atoms with Crippen LogP contribution in [0.2, 0.25) is 5.02 Å². The zero-order chi connectivity index (χ0) is 14.5. The molecule has 1 fully saturated rings. The van der Waals surface area contributed by atoms with Crippen LogP contribution in [0.3, 0.4) is 0 Å². The van der Waals surface area contributed by atoms with Crippen molar-refractivity contribution in [3.63, 3.8) is 0 Å². The summed E-state index contributed by atoms with van der Waals surface area (Å²) in [5.74, 6) is -0.547. The molecule has 2 aromatic rings.